The van der Waals surface area contributed by atoms with Gasteiger partial charge >= 0.3 is 6.03 Å². The van der Waals surface area contributed by atoms with E-state index in [2.05, 4.69) is 10.6 Å². The van der Waals surface area contributed by atoms with E-state index in [0.717, 1.165) is 10.5 Å². The van der Waals surface area contributed by atoms with Gasteiger partial charge in [-0.25, -0.2) is 4.79 Å². The zero-order valence-corrected chi connectivity index (χ0v) is 12.7. The fraction of sp³-hybridized carbons (Fsp3) is 0.400. The molecule has 1 aromatic carbocycles. The maximum Gasteiger partial charge on any atom is 0.324 e. The lowest BCUT2D eigenvalue weighted by Gasteiger charge is -2.19. The van der Waals surface area contributed by atoms with Crippen LogP contribution in [-0.2, 0) is 11.3 Å². The summed E-state index contributed by atoms with van der Waals surface area (Å²) in [6.45, 7) is 4.26. The Morgan fingerprint density at radius 3 is 2.45 bits per heavy atom. The van der Waals surface area contributed by atoms with Crippen molar-refractivity contribution in [2.75, 3.05) is 13.1 Å². The average molecular weight is 304 g/mol. The van der Waals surface area contributed by atoms with Gasteiger partial charge in [-0.2, -0.15) is 0 Å². The van der Waals surface area contributed by atoms with E-state index in [0.29, 0.717) is 12.1 Å². The van der Waals surface area contributed by atoms with Crippen molar-refractivity contribution >= 4 is 17.8 Å². The lowest BCUT2D eigenvalue weighted by atomic mass is 10.1. The van der Waals surface area contributed by atoms with Gasteiger partial charge < -0.3 is 16.4 Å². The molecule has 0 radical (unpaired) electrons. The Kier molecular flexibility index (Phi) is 4.46. The van der Waals surface area contributed by atoms with Crippen molar-refractivity contribution in [1.82, 2.24) is 15.5 Å². The van der Waals surface area contributed by atoms with E-state index in [1.54, 1.807) is 24.3 Å². The normalized spacial score (nSPS) is 15.0. The molecule has 7 nitrogen and oxygen atoms in total. The third-order valence-corrected chi connectivity index (χ3v) is 3.20. The number of nitrogens with one attached hydrogen (secondary N) is 2. The van der Waals surface area contributed by atoms with Crippen molar-refractivity contribution in [3.63, 3.8) is 0 Å². The molecule has 1 saturated heterocycles. The summed E-state index contributed by atoms with van der Waals surface area (Å²) in [6.07, 6.45) is 0. The number of rotatable bonds is 5. The van der Waals surface area contributed by atoms with Gasteiger partial charge in [0.2, 0.25) is 5.91 Å². The summed E-state index contributed by atoms with van der Waals surface area (Å²) >= 11 is 0. The van der Waals surface area contributed by atoms with Gasteiger partial charge in [0, 0.05) is 17.6 Å². The molecule has 0 spiro atoms. The first kappa shape index (κ1) is 16.0. The molecule has 1 fully saturated rings. The first-order chi connectivity index (χ1) is 10.3. The molecular weight excluding hydrogens is 284 g/mol. The summed E-state index contributed by atoms with van der Waals surface area (Å²) in [4.78, 5) is 36.1. The number of hydrogen-bond donors (Lipinski definition) is 3. The molecule has 4 N–H and O–H groups in total. The number of benzene rings is 1. The highest BCUT2D eigenvalue weighted by molar-refractivity contribution is 6.01. The molecule has 0 saturated carbocycles. The van der Waals surface area contributed by atoms with Crippen LogP contribution < -0.4 is 16.4 Å². The summed E-state index contributed by atoms with van der Waals surface area (Å²) in [5.74, 6) is -0.461. The van der Waals surface area contributed by atoms with Gasteiger partial charge in [-0.1, -0.05) is 12.1 Å². The van der Waals surface area contributed by atoms with Crippen LogP contribution >= 0.6 is 0 Å². The van der Waals surface area contributed by atoms with Crippen LogP contribution in [0, 0.1) is 0 Å². The molecule has 22 heavy (non-hydrogen) atoms. The number of nitrogens with two attached hydrogens (primary N) is 1. The molecule has 1 aromatic rings. The largest absolute Gasteiger partial charge is 0.350 e. The molecule has 0 aromatic heterocycles. The molecule has 4 amide bonds. The highest BCUT2D eigenvalue weighted by atomic mass is 16.2. The fourth-order valence-electron chi connectivity index (χ4n) is 1.97. The van der Waals surface area contributed by atoms with E-state index < -0.39 is 11.6 Å². The van der Waals surface area contributed by atoms with Crippen LogP contribution in [0.2, 0.25) is 0 Å². The van der Waals surface area contributed by atoms with Crippen molar-refractivity contribution in [3.8, 4) is 0 Å². The maximum absolute atomic E-state index is 12.0. The van der Waals surface area contributed by atoms with Gasteiger partial charge in [0.15, 0.2) is 0 Å². The Morgan fingerprint density at radius 1 is 1.32 bits per heavy atom. The second-order valence-corrected chi connectivity index (χ2v) is 6.01. The van der Waals surface area contributed by atoms with Crippen molar-refractivity contribution in [1.29, 1.82) is 0 Å². The van der Waals surface area contributed by atoms with Crippen LogP contribution in [0.4, 0.5) is 4.79 Å². The minimum Gasteiger partial charge on any atom is -0.350 e. The Bertz CT molecular complexity index is 574. The monoisotopic (exact) mass is 304 g/mol. The van der Waals surface area contributed by atoms with E-state index in [-0.39, 0.29) is 24.9 Å². The Hall–Kier alpha value is -2.41. The second-order valence-electron chi connectivity index (χ2n) is 6.01. The van der Waals surface area contributed by atoms with E-state index in [9.17, 15) is 14.4 Å². The standard InChI is InChI=1S/C15H20N4O3/c1-15(2,16)9-18-13(21)11-5-3-10(4-6-11)8-19-12(20)7-17-14(19)22/h3-6H,7-9,16H2,1-2H3,(H,17,22)(H,18,21). The molecule has 1 aliphatic rings. The summed E-state index contributed by atoms with van der Waals surface area (Å²) in [5.41, 5.74) is 6.62. The molecule has 118 valence electrons. The Labute approximate surface area is 128 Å². The highest BCUT2D eigenvalue weighted by Crippen LogP contribution is 2.10. The molecule has 2 rings (SSSR count). The smallest absolute Gasteiger partial charge is 0.324 e. The van der Waals surface area contributed by atoms with Gasteiger partial charge in [0.05, 0.1) is 13.1 Å². The maximum atomic E-state index is 12.0. The number of carbonyl (C=O) groups excluding carboxylic acids is 3. The second kappa shape index (κ2) is 6.15. The van der Waals surface area contributed by atoms with Crippen LogP contribution in [-0.4, -0.2) is 41.4 Å². The van der Waals surface area contributed by atoms with E-state index >= 15 is 0 Å². The quantitative estimate of drug-likeness (QED) is 0.676. The number of imide groups is 1. The lowest BCUT2D eigenvalue weighted by molar-refractivity contribution is -0.125. The molecule has 0 bridgehead atoms. The molecule has 0 unspecified atom stereocenters. The Morgan fingerprint density at radius 2 is 1.95 bits per heavy atom. The van der Waals surface area contributed by atoms with Crippen LogP contribution in [0.15, 0.2) is 24.3 Å². The fourth-order valence-corrected chi connectivity index (χ4v) is 1.97. The predicted molar refractivity (Wildman–Crippen MR) is 81.0 cm³/mol. The van der Waals surface area contributed by atoms with Crippen LogP contribution in [0.3, 0.4) is 0 Å². The van der Waals surface area contributed by atoms with E-state index in [1.807, 2.05) is 13.8 Å². The van der Waals surface area contributed by atoms with Crippen molar-refractivity contribution in [2.24, 2.45) is 5.73 Å². The summed E-state index contributed by atoms with van der Waals surface area (Å²) < 4.78 is 0. The zero-order chi connectivity index (χ0) is 16.3. The van der Waals surface area contributed by atoms with Gasteiger partial charge in [-0.05, 0) is 31.5 Å². The molecule has 0 atom stereocenters. The van der Waals surface area contributed by atoms with Gasteiger partial charge in [0.25, 0.3) is 5.91 Å². The molecule has 1 heterocycles. The Balaban J connectivity index is 1.97. The van der Waals surface area contributed by atoms with Gasteiger partial charge in [-0.3, -0.25) is 14.5 Å². The summed E-state index contributed by atoms with van der Waals surface area (Å²) in [6, 6.07) is 6.37. The molecule has 7 heteroatoms. The number of amides is 4. The topological polar surface area (TPSA) is 105 Å². The van der Waals surface area contributed by atoms with Crippen molar-refractivity contribution in [3.05, 3.63) is 35.4 Å². The van der Waals surface area contributed by atoms with Crippen LogP contribution in [0.25, 0.3) is 0 Å². The average Bonchev–Trinajstić information content (AvgIpc) is 2.77. The van der Waals surface area contributed by atoms with Crippen molar-refractivity contribution < 1.29 is 14.4 Å². The third kappa shape index (κ3) is 4.05. The van der Waals surface area contributed by atoms with Crippen LogP contribution in [0.1, 0.15) is 29.8 Å². The van der Waals surface area contributed by atoms with Crippen LogP contribution in [0.5, 0.6) is 0 Å². The van der Waals surface area contributed by atoms with E-state index in [1.165, 1.54) is 0 Å². The highest BCUT2D eigenvalue weighted by Gasteiger charge is 2.28. The predicted octanol–water partition coefficient (Wildman–Crippen LogP) is 0.206. The third-order valence-electron chi connectivity index (χ3n) is 3.20. The molecule has 0 aliphatic carbocycles. The number of carbonyl (C=O) groups is 3. The first-order valence-corrected chi connectivity index (χ1v) is 7.00. The molecule has 1 aliphatic heterocycles. The lowest BCUT2D eigenvalue weighted by Crippen LogP contribution is -2.45. The zero-order valence-electron chi connectivity index (χ0n) is 12.7. The number of nitrogens with zero attached hydrogens (tertiary/aromatic N) is 1. The van der Waals surface area contributed by atoms with Gasteiger partial charge in [0.1, 0.15) is 0 Å². The number of hydrogen-bond acceptors (Lipinski definition) is 4. The SMILES string of the molecule is CC(C)(N)CNC(=O)c1ccc(CN2C(=O)CNC2=O)cc1. The minimum atomic E-state index is -0.473. The molecular formula is C15H20N4O3. The first-order valence-electron chi connectivity index (χ1n) is 7.00. The van der Waals surface area contributed by atoms with E-state index in [4.69, 9.17) is 5.73 Å². The summed E-state index contributed by atoms with van der Waals surface area (Å²) in [7, 11) is 0. The van der Waals surface area contributed by atoms with Crippen molar-refractivity contribution in [2.45, 2.75) is 25.9 Å². The minimum absolute atomic E-state index is 0.0359. The van der Waals surface area contributed by atoms with Gasteiger partial charge in [-0.15, -0.1) is 0 Å². The number of urea groups is 1. The summed E-state index contributed by atoms with van der Waals surface area (Å²) in [5, 5.41) is 5.21.